The van der Waals surface area contributed by atoms with Gasteiger partial charge in [-0.1, -0.05) is 19.0 Å². The first-order valence-corrected chi connectivity index (χ1v) is 5.80. The minimum atomic E-state index is -0.317. The van der Waals surface area contributed by atoms with Gasteiger partial charge in [-0.3, -0.25) is 10.1 Å². The lowest BCUT2D eigenvalue weighted by Crippen LogP contribution is -2.15. The van der Waals surface area contributed by atoms with E-state index in [1.165, 1.54) is 0 Å². The molecule has 96 valence electrons. The minimum absolute atomic E-state index is 0.272. The Kier molecular flexibility index (Phi) is 3.45. The smallest absolute Gasteiger partial charge is 0.280 e. The van der Waals surface area contributed by atoms with Gasteiger partial charge >= 0.3 is 0 Å². The molecule has 0 fully saturated rings. The fraction of sp³-hybridized carbons (Fsp3) is 0.417. The average molecular weight is 248 g/mol. The summed E-state index contributed by atoms with van der Waals surface area (Å²) in [5, 5.41) is 6.42. The summed E-state index contributed by atoms with van der Waals surface area (Å²) in [6.45, 7) is 4.16. The highest BCUT2D eigenvalue weighted by molar-refractivity contribution is 6.01. The largest absolute Gasteiger partial charge is 0.361 e. The second-order valence-electron chi connectivity index (χ2n) is 4.59. The Labute approximate surface area is 105 Å². The quantitative estimate of drug-likeness (QED) is 0.896. The lowest BCUT2D eigenvalue weighted by molar-refractivity contribution is 0.101. The van der Waals surface area contributed by atoms with Crippen LogP contribution in [0.15, 0.2) is 23.0 Å². The van der Waals surface area contributed by atoms with Gasteiger partial charge in [-0.15, -0.1) is 0 Å². The molecule has 2 aromatic rings. The van der Waals surface area contributed by atoms with Crippen LogP contribution in [0.3, 0.4) is 0 Å². The fourth-order valence-corrected chi connectivity index (χ4v) is 1.57. The molecule has 0 atom stereocenters. The van der Waals surface area contributed by atoms with Crippen molar-refractivity contribution >= 4 is 11.9 Å². The molecular formula is C12H16N4O2. The number of hydrogen-bond acceptors (Lipinski definition) is 4. The van der Waals surface area contributed by atoms with Crippen LogP contribution in [0.5, 0.6) is 0 Å². The highest BCUT2D eigenvalue weighted by Gasteiger charge is 2.14. The molecule has 0 spiro atoms. The van der Waals surface area contributed by atoms with Gasteiger partial charge in [-0.25, -0.2) is 4.98 Å². The molecule has 0 aliphatic carbocycles. The van der Waals surface area contributed by atoms with Crippen molar-refractivity contribution in [1.29, 1.82) is 0 Å². The zero-order chi connectivity index (χ0) is 13.1. The molecule has 6 heteroatoms. The third-order valence-corrected chi connectivity index (χ3v) is 2.45. The maximum Gasteiger partial charge on any atom is 0.280 e. The summed E-state index contributed by atoms with van der Waals surface area (Å²) in [7, 11) is 1.80. The SMILES string of the molecule is CC(C)Cc1cc(C(=O)Nc2nccn2C)no1. The van der Waals surface area contributed by atoms with E-state index in [0.717, 1.165) is 12.2 Å². The minimum Gasteiger partial charge on any atom is -0.361 e. The van der Waals surface area contributed by atoms with E-state index in [2.05, 4.69) is 29.3 Å². The maximum absolute atomic E-state index is 11.9. The number of carbonyl (C=O) groups excluding carboxylic acids is 1. The van der Waals surface area contributed by atoms with Gasteiger partial charge < -0.3 is 9.09 Å². The Morgan fingerprint density at radius 1 is 1.56 bits per heavy atom. The molecule has 0 radical (unpaired) electrons. The van der Waals surface area contributed by atoms with Crippen LogP contribution in [-0.4, -0.2) is 20.6 Å². The standard InChI is InChI=1S/C12H16N4O2/c1-8(2)6-9-7-10(15-18-9)11(17)14-12-13-4-5-16(12)3/h4-5,7-8H,6H2,1-3H3,(H,13,14,17). The van der Waals surface area contributed by atoms with Crippen LogP contribution in [0.4, 0.5) is 5.95 Å². The zero-order valence-electron chi connectivity index (χ0n) is 10.7. The molecule has 1 amide bonds. The normalized spacial score (nSPS) is 10.9. The second-order valence-corrected chi connectivity index (χ2v) is 4.59. The summed E-state index contributed by atoms with van der Waals surface area (Å²) in [6, 6.07) is 1.66. The van der Waals surface area contributed by atoms with Gasteiger partial charge in [0.15, 0.2) is 5.69 Å². The van der Waals surface area contributed by atoms with Crippen LogP contribution >= 0.6 is 0 Å². The number of carbonyl (C=O) groups is 1. The molecular weight excluding hydrogens is 232 g/mol. The summed E-state index contributed by atoms with van der Waals surface area (Å²) in [5.74, 6) is 1.34. The lowest BCUT2D eigenvalue weighted by atomic mass is 10.1. The van der Waals surface area contributed by atoms with Crippen LogP contribution in [-0.2, 0) is 13.5 Å². The van der Waals surface area contributed by atoms with Crippen molar-refractivity contribution in [3.05, 3.63) is 29.9 Å². The van der Waals surface area contributed by atoms with Crippen LogP contribution in [0, 0.1) is 5.92 Å². The molecule has 0 aliphatic heterocycles. The van der Waals surface area contributed by atoms with Crippen molar-refractivity contribution in [3.8, 4) is 0 Å². The Morgan fingerprint density at radius 3 is 2.94 bits per heavy atom. The van der Waals surface area contributed by atoms with Crippen LogP contribution in [0.1, 0.15) is 30.1 Å². The fourth-order valence-electron chi connectivity index (χ4n) is 1.57. The second kappa shape index (κ2) is 5.03. The number of imidazole rings is 1. The number of anilines is 1. The summed E-state index contributed by atoms with van der Waals surface area (Å²) in [5.41, 5.74) is 0.272. The molecule has 0 aromatic carbocycles. The molecule has 6 nitrogen and oxygen atoms in total. The van der Waals surface area contributed by atoms with Gasteiger partial charge in [0.05, 0.1) is 0 Å². The van der Waals surface area contributed by atoms with E-state index in [4.69, 9.17) is 4.52 Å². The van der Waals surface area contributed by atoms with Gasteiger partial charge in [0.1, 0.15) is 5.76 Å². The Hall–Kier alpha value is -2.11. The molecule has 1 N–H and O–H groups in total. The first-order chi connectivity index (χ1) is 8.56. The first kappa shape index (κ1) is 12.3. The van der Waals surface area contributed by atoms with E-state index in [1.54, 1.807) is 30.1 Å². The number of nitrogens with zero attached hydrogens (tertiary/aromatic N) is 3. The average Bonchev–Trinajstić information content (AvgIpc) is 2.88. The van der Waals surface area contributed by atoms with Crippen molar-refractivity contribution in [2.75, 3.05) is 5.32 Å². The lowest BCUT2D eigenvalue weighted by Gasteiger charge is -2.01. The van der Waals surface area contributed by atoms with Gasteiger partial charge in [-0.2, -0.15) is 0 Å². The number of rotatable bonds is 4. The highest BCUT2D eigenvalue weighted by atomic mass is 16.5. The van der Waals surface area contributed by atoms with Crippen molar-refractivity contribution in [2.24, 2.45) is 13.0 Å². The number of hydrogen-bond donors (Lipinski definition) is 1. The van der Waals surface area contributed by atoms with E-state index >= 15 is 0 Å². The van der Waals surface area contributed by atoms with Crippen LogP contribution in [0.2, 0.25) is 0 Å². The first-order valence-electron chi connectivity index (χ1n) is 5.80. The van der Waals surface area contributed by atoms with E-state index in [0.29, 0.717) is 11.9 Å². The summed E-state index contributed by atoms with van der Waals surface area (Å²) in [6.07, 6.45) is 4.13. The van der Waals surface area contributed by atoms with Crippen LogP contribution < -0.4 is 5.32 Å². The van der Waals surface area contributed by atoms with Crippen molar-refractivity contribution in [2.45, 2.75) is 20.3 Å². The molecule has 0 unspecified atom stereocenters. The predicted molar refractivity (Wildman–Crippen MR) is 66.2 cm³/mol. The number of aryl methyl sites for hydroxylation is 1. The number of amides is 1. The summed E-state index contributed by atoms with van der Waals surface area (Å²) in [4.78, 5) is 15.9. The summed E-state index contributed by atoms with van der Waals surface area (Å²) >= 11 is 0. The molecule has 0 bridgehead atoms. The summed E-state index contributed by atoms with van der Waals surface area (Å²) < 4.78 is 6.82. The van der Waals surface area contributed by atoms with E-state index in [9.17, 15) is 4.79 Å². The third-order valence-electron chi connectivity index (χ3n) is 2.45. The topological polar surface area (TPSA) is 73.0 Å². The van der Waals surface area contributed by atoms with E-state index in [-0.39, 0.29) is 11.6 Å². The highest BCUT2D eigenvalue weighted by Crippen LogP contribution is 2.11. The van der Waals surface area contributed by atoms with Gasteiger partial charge in [0.25, 0.3) is 5.91 Å². The van der Waals surface area contributed by atoms with Gasteiger partial charge in [-0.05, 0) is 5.92 Å². The van der Waals surface area contributed by atoms with Crippen molar-refractivity contribution < 1.29 is 9.32 Å². The molecule has 2 heterocycles. The Morgan fingerprint density at radius 2 is 2.33 bits per heavy atom. The van der Waals surface area contributed by atoms with Crippen LogP contribution in [0.25, 0.3) is 0 Å². The monoisotopic (exact) mass is 248 g/mol. The maximum atomic E-state index is 11.9. The van der Waals surface area contributed by atoms with Crippen molar-refractivity contribution in [1.82, 2.24) is 14.7 Å². The number of nitrogens with one attached hydrogen (secondary N) is 1. The number of aromatic nitrogens is 3. The van der Waals surface area contributed by atoms with Gasteiger partial charge in [0, 0.05) is 31.9 Å². The van der Waals surface area contributed by atoms with Gasteiger partial charge in [0.2, 0.25) is 5.95 Å². The Bertz CT molecular complexity index is 542. The Balaban J connectivity index is 2.05. The molecule has 2 aromatic heterocycles. The molecule has 0 aliphatic rings. The molecule has 0 saturated carbocycles. The third kappa shape index (κ3) is 2.77. The van der Waals surface area contributed by atoms with Crippen molar-refractivity contribution in [3.63, 3.8) is 0 Å². The molecule has 0 saturated heterocycles. The molecule has 18 heavy (non-hydrogen) atoms. The van der Waals surface area contributed by atoms with E-state index in [1.807, 2.05) is 0 Å². The zero-order valence-corrected chi connectivity index (χ0v) is 10.7. The van der Waals surface area contributed by atoms with E-state index < -0.39 is 0 Å². The predicted octanol–water partition coefficient (Wildman–Crippen LogP) is 1.86. The molecule has 2 rings (SSSR count).